The number of carbonyl (C=O) groups is 2. The molecule has 0 saturated carbocycles. The van der Waals surface area contributed by atoms with E-state index in [-0.39, 0.29) is 5.91 Å². The largest absolute Gasteiger partial charge is 0.453 e. The third kappa shape index (κ3) is 8.08. The van der Waals surface area contributed by atoms with Crippen molar-refractivity contribution in [2.24, 2.45) is 16.8 Å². The highest BCUT2D eigenvalue weighted by Crippen LogP contribution is 2.30. The first-order chi connectivity index (χ1) is 21.8. The fourth-order valence-electron chi connectivity index (χ4n) is 5.38. The van der Waals surface area contributed by atoms with Crippen molar-refractivity contribution < 1.29 is 14.3 Å². The molecule has 4 bridgehead atoms. The van der Waals surface area contributed by atoms with Gasteiger partial charge in [0.05, 0.1) is 30.7 Å². The molecule has 3 aromatic carbocycles. The molecule has 45 heavy (non-hydrogen) atoms. The summed E-state index contributed by atoms with van der Waals surface area (Å²) < 4.78 is 4.77. The first kappa shape index (κ1) is 31.3. The van der Waals surface area contributed by atoms with Gasteiger partial charge in [-0.05, 0) is 85.2 Å². The molecule has 0 fully saturated rings. The molecule has 232 valence electrons. The normalized spacial score (nSPS) is 14.9. The van der Waals surface area contributed by atoms with Gasteiger partial charge >= 0.3 is 6.09 Å². The number of H-pyrrole nitrogens is 1. The van der Waals surface area contributed by atoms with Crippen LogP contribution in [0.3, 0.4) is 0 Å². The molecule has 2 heterocycles. The summed E-state index contributed by atoms with van der Waals surface area (Å²) in [6.07, 6.45) is 9.82. The van der Waals surface area contributed by atoms with E-state index in [0.29, 0.717) is 34.2 Å². The van der Waals surface area contributed by atoms with E-state index in [1.54, 1.807) is 30.5 Å². The number of nitrogens with zero attached hydrogens (tertiary/aromatic N) is 3. The fraction of sp³-hybridized carbons (Fsp3) is 0.212. The molecule has 2 amide bonds. The number of aryl methyl sites for hydroxylation is 2. The number of imidazole rings is 1. The van der Waals surface area contributed by atoms with Crippen LogP contribution in [0.5, 0.6) is 0 Å². The number of anilines is 2. The summed E-state index contributed by atoms with van der Waals surface area (Å²) in [4.78, 5) is 33.3. The average molecular weight is 627 g/mol. The minimum absolute atomic E-state index is 0.323. The number of nitrogens with two attached hydrogens (primary N) is 2. The third-order valence-electron chi connectivity index (χ3n) is 7.54. The Morgan fingerprint density at radius 3 is 2.76 bits per heavy atom. The number of carbonyl (C=O) groups excluding carboxylic acids is 2. The molecule has 0 radical (unpaired) electrons. The van der Waals surface area contributed by atoms with Crippen LogP contribution in [-0.4, -0.2) is 35.4 Å². The summed E-state index contributed by atoms with van der Waals surface area (Å²) >= 11 is 6.22. The van der Waals surface area contributed by atoms with E-state index in [2.05, 4.69) is 38.9 Å². The number of aromatic amines is 1. The number of rotatable bonds is 6. The molecular weight excluding hydrogens is 592 g/mol. The zero-order valence-corrected chi connectivity index (χ0v) is 25.6. The lowest BCUT2D eigenvalue weighted by Crippen LogP contribution is -2.30. The van der Waals surface area contributed by atoms with Gasteiger partial charge in [0, 0.05) is 27.9 Å². The molecule has 12 heteroatoms. The Hall–Kier alpha value is -5.13. The van der Waals surface area contributed by atoms with Crippen molar-refractivity contribution in [1.82, 2.24) is 15.3 Å². The lowest BCUT2D eigenvalue weighted by Gasteiger charge is -2.18. The second-order valence-electron chi connectivity index (χ2n) is 10.7. The molecule has 11 nitrogen and oxygen atoms in total. The van der Waals surface area contributed by atoms with Crippen molar-refractivity contribution >= 4 is 47.4 Å². The van der Waals surface area contributed by atoms with Crippen molar-refractivity contribution in [3.8, 4) is 11.3 Å². The number of methoxy groups -OCH3 is 1. The maximum atomic E-state index is 13.3. The van der Waals surface area contributed by atoms with Crippen LogP contribution in [0.2, 0.25) is 5.02 Å². The number of aromatic nitrogens is 2. The van der Waals surface area contributed by atoms with Crippen LogP contribution in [0.25, 0.3) is 17.3 Å². The number of hydrazone groups is 1. The van der Waals surface area contributed by atoms with Crippen LogP contribution in [0, 0.1) is 0 Å². The molecule has 4 aromatic rings. The van der Waals surface area contributed by atoms with Gasteiger partial charge in [-0.1, -0.05) is 41.9 Å². The van der Waals surface area contributed by atoms with Gasteiger partial charge in [-0.25, -0.2) is 15.6 Å². The molecule has 1 aliphatic rings. The van der Waals surface area contributed by atoms with Gasteiger partial charge in [-0.2, -0.15) is 5.10 Å². The molecule has 1 aromatic heterocycles. The smallest absolute Gasteiger partial charge is 0.411 e. The summed E-state index contributed by atoms with van der Waals surface area (Å²) in [6.45, 7) is 0. The third-order valence-corrected chi connectivity index (χ3v) is 7.77. The van der Waals surface area contributed by atoms with Crippen LogP contribution in [0.15, 0.2) is 78.0 Å². The molecule has 1 atom stereocenters. The summed E-state index contributed by atoms with van der Waals surface area (Å²) in [7, 11) is 1.33. The van der Waals surface area contributed by atoms with E-state index in [9.17, 15) is 9.59 Å². The zero-order chi connectivity index (χ0) is 31.8. The van der Waals surface area contributed by atoms with Crippen LogP contribution in [0.4, 0.5) is 16.2 Å². The van der Waals surface area contributed by atoms with E-state index in [0.717, 1.165) is 48.1 Å². The quantitative estimate of drug-likeness (QED) is 0.0621. The number of hydrazine groups is 1. The fourth-order valence-corrected chi connectivity index (χ4v) is 5.56. The van der Waals surface area contributed by atoms with Crippen molar-refractivity contribution in [1.29, 1.82) is 0 Å². The van der Waals surface area contributed by atoms with Gasteiger partial charge in [0.2, 0.25) is 5.91 Å². The van der Waals surface area contributed by atoms with Crippen LogP contribution >= 0.6 is 11.6 Å². The minimum atomic E-state index is -0.525. The van der Waals surface area contributed by atoms with Gasteiger partial charge in [0.25, 0.3) is 0 Å². The number of fused-ring (bicyclic) bond motifs is 6. The lowest BCUT2D eigenvalue weighted by atomic mass is 9.96. The van der Waals surface area contributed by atoms with E-state index in [4.69, 9.17) is 33.0 Å². The summed E-state index contributed by atoms with van der Waals surface area (Å²) in [5.74, 6) is 11.6. The van der Waals surface area contributed by atoms with Crippen LogP contribution in [0.1, 0.15) is 47.0 Å². The Kier molecular flexibility index (Phi) is 10.1. The maximum Gasteiger partial charge on any atom is 0.411 e. The highest BCUT2D eigenvalue weighted by atomic mass is 35.5. The average Bonchev–Trinajstić information content (AvgIpc) is 3.52. The van der Waals surface area contributed by atoms with Crippen LogP contribution < -0.4 is 27.3 Å². The van der Waals surface area contributed by atoms with E-state index >= 15 is 0 Å². The molecule has 0 aliphatic carbocycles. The topological polar surface area (TPSA) is 164 Å². The van der Waals surface area contributed by atoms with E-state index < -0.39 is 12.1 Å². The Morgan fingerprint density at radius 2 is 1.93 bits per heavy atom. The summed E-state index contributed by atoms with van der Waals surface area (Å²) in [5, 5.41) is 11.1. The van der Waals surface area contributed by atoms with E-state index in [1.165, 1.54) is 30.1 Å². The summed E-state index contributed by atoms with van der Waals surface area (Å²) in [5.41, 5.74) is 7.01. The number of amides is 2. The molecule has 0 spiro atoms. The van der Waals surface area contributed by atoms with E-state index in [1.807, 2.05) is 24.3 Å². The molecule has 5 rings (SSSR count). The first-order valence-electron chi connectivity index (χ1n) is 14.5. The van der Waals surface area contributed by atoms with Gasteiger partial charge in [-0.15, -0.1) is 0 Å². The maximum absolute atomic E-state index is 13.3. The number of benzene rings is 3. The SMILES string of the molecule is COC(=O)Nc1ccc2c(c1)CCCCc1cccc(c1)C[C@H](NC(=O)/C=C/c1cc(Cl)ccc1N(N)/C=N\N)c1ncc-2[nH]1. The Labute approximate surface area is 266 Å². The number of halogens is 1. The lowest BCUT2D eigenvalue weighted by molar-refractivity contribution is -0.117. The van der Waals surface area contributed by atoms with Crippen molar-refractivity contribution in [3.63, 3.8) is 0 Å². The van der Waals surface area contributed by atoms with Crippen molar-refractivity contribution in [2.45, 2.75) is 38.1 Å². The first-order valence-corrected chi connectivity index (χ1v) is 14.9. The molecule has 1 aliphatic heterocycles. The van der Waals surface area contributed by atoms with Gasteiger partial charge in [-0.3, -0.25) is 15.1 Å². The summed E-state index contributed by atoms with van der Waals surface area (Å²) in [6, 6.07) is 18.8. The zero-order valence-electron chi connectivity index (χ0n) is 24.8. The second kappa shape index (κ2) is 14.6. The highest BCUT2D eigenvalue weighted by molar-refractivity contribution is 6.30. The monoisotopic (exact) mass is 626 g/mol. The second-order valence-corrected chi connectivity index (χ2v) is 11.1. The van der Waals surface area contributed by atoms with Crippen LogP contribution in [-0.2, 0) is 28.8 Å². The Bertz CT molecular complexity index is 1730. The molecule has 0 unspecified atom stereocenters. The Morgan fingerprint density at radius 1 is 1.11 bits per heavy atom. The number of ether oxygens (including phenoxy) is 1. The standard InChI is InChI=1S/C33H35ClN8O3/c1-45-33(44)39-26-11-12-27-23(18-26)8-3-2-5-21-6-4-7-22(15-21)16-28(32-37-19-29(27)41-32)40-31(43)14-9-24-17-25(34)10-13-30(24)42(36)20-38-35/h4,6-7,9-15,17-20,28H,2-3,5,8,16,35-36H2,1H3,(H,37,41)(H,39,44)(H,40,43)/b14-9+,38-20-/t28-/m0/s1. The van der Waals surface area contributed by atoms with Gasteiger partial charge in [0.15, 0.2) is 0 Å². The molecular formula is C33H35ClN8O3. The van der Waals surface area contributed by atoms with Gasteiger partial charge < -0.3 is 20.9 Å². The Balaban J connectivity index is 1.46. The number of hydrogen-bond acceptors (Lipinski definition) is 7. The highest BCUT2D eigenvalue weighted by Gasteiger charge is 2.20. The molecule has 0 saturated heterocycles. The predicted octanol–water partition coefficient (Wildman–Crippen LogP) is 5.48. The predicted molar refractivity (Wildman–Crippen MR) is 178 cm³/mol. The number of hydrogen-bond donors (Lipinski definition) is 5. The van der Waals surface area contributed by atoms with Crippen molar-refractivity contribution in [3.05, 3.63) is 106 Å². The number of nitrogens with one attached hydrogen (secondary N) is 3. The van der Waals surface area contributed by atoms with Gasteiger partial charge in [0.1, 0.15) is 12.2 Å². The minimum Gasteiger partial charge on any atom is -0.453 e. The molecule has 7 N–H and O–H groups in total. The van der Waals surface area contributed by atoms with Crippen molar-refractivity contribution in [2.75, 3.05) is 17.4 Å².